The maximum atomic E-state index is 5.64. The van der Waals surface area contributed by atoms with Gasteiger partial charge < -0.3 is 4.90 Å². The van der Waals surface area contributed by atoms with Gasteiger partial charge in [-0.15, -0.1) is 48.0 Å². The Morgan fingerprint density at radius 2 is 1.11 bits per heavy atom. The van der Waals surface area contributed by atoms with Gasteiger partial charge in [-0.25, -0.2) is 0 Å². The molecule has 0 amide bonds. The number of hydrogen-bond acceptors (Lipinski definition) is 2. The average Bonchev–Trinajstić information content (AvgIpc) is 2.13. The second kappa shape index (κ2) is 18.1. The molecule has 0 unspecified atom stereocenters. The van der Waals surface area contributed by atoms with Crippen LogP contribution in [0.15, 0.2) is 0 Å². The molecule has 0 aliphatic carbocycles. The molecule has 0 fully saturated rings. The lowest BCUT2D eigenvalue weighted by Gasteiger charge is -2.29. The van der Waals surface area contributed by atoms with Crippen LogP contribution in [0, 0.1) is 0 Å². The maximum absolute atomic E-state index is 5.64. The van der Waals surface area contributed by atoms with E-state index in [0.717, 1.165) is 24.8 Å². The van der Waals surface area contributed by atoms with Crippen molar-refractivity contribution in [3.63, 3.8) is 0 Å². The lowest BCUT2D eigenvalue weighted by molar-refractivity contribution is 0.187. The van der Waals surface area contributed by atoms with Crippen LogP contribution in [0.4, 0.5) is 0 Å². The molecule has 0 saturated heterocycles. The number of halogens is 4. The summed E-state index contributed by atoms with van der Waals surface area (Å²) >= 11 is 11.0. The Kier molecular flexibility index (Phi) is 27.5. The SMILES string of the molecule is CC(C)N(CCCl)C(C)C.CN(C)CCCl.Cl.Cl. The minimum atomic E-state index is 0. The van der Waals surface area contributed by atoms with E-state index in [0.29, 0.717) is 12.1 Å². The summed E-state index contributed by atoms with van der Waals surface area (Å²) in [6.07, 6.45) is 0. The van der Waals surface area contributed by atoms with Gasteiger partial charge in [0.2, 0.25) is 0 Å². The van der Waals surface area contributed by atoms with Gasteiger partial charge in [-0.1, -0.05) is 0 Å². The molecule has 0 radical (unpaired) electrons. The fourth-order valence-electron chi connectivity index (χ4n) is 1.38. The van der Waals surface area contributed by atoms with Crippen LogP contribution in [-0.4, -0.2) is 60.8 Å². The topological polar surface area (TPSA) is 6.48 Å². The van der Waals surface area contributed by atoms with Crippen molar-refractivity contribution in [2.24, 2.45) is 0 Å². The molecule has 0 rings (SSSR count). The highest BCUT2D eigenvalue weighted by molar-refractivity contribution is 6.18. The van der Waals surface area contributed by atoms with E-state index >= 15 is 0 Å². The fraction of sp³-hybridized carbons (Fsp3) is 1.00. The molecule has 0 N–H and O–H groups in total. The molecule has 0 aliphatic heterocycles. The van der Waals surface area contributed by atoms with Crippen LogP contribution in [0.1, 0.15) is 27.7 Å². The standard InChI is InChI=1S/C8H18ClN.C4H10ClN.2ClH/c1-7(2)10(6-5-9)8(3)4;1-6(2)4-3-5;;/h7-8H,5-6H2,1-4H3;3-4H2,1-2H3;2*1H. The smallest absolute Gasteiger partial charge is 0.0351 e. The minimum Gasteiger partial charge on any atom is -0.308 e. The summed E-state index contributed by atoms with van der Waals surface area (Å²) in [4.78, 5) is 4.43. The van der Waals surface area contributed by atoms with E-state index in [9.17, 15) is 0 Å². The lowest BCUT2D eigenvalue weighted by atomic mass is 10.2. The molecule has 18 heavy (non-hydrogen) atoms. The number of rotatable bonds is 6. The van der Waals surface area contributed by atoms with Crippen LogP contribution in [0.3, 0.4) is 0 Å². The second-order valence-electron chi connectivity index (χ2n) is 4.61. The van der Waals surface area contributed by atoms with Crippen molar-refractivity contribution >= 4 is 48.0 Å². The number of alkyl halides is 2. The van der Waals surface area contributed by atoms with Gasteiger partial charge in [0.25, 0.3) is 0 Å². The highest BCUT2D eigenvalue weighted by Gasteiger charge is 2.11. The van der Waals surface area contributed by atoms with E-state index in [2.05, 4.69) is 32.6 Å². The highest BCUT2D eigenvalue weighted by atomic mass is 35.5. The zero-order valence-electron chi connectivity index (χ0n) is 12.4. The van der Waals surface area contributed by atoms with E-state index in [-0.39, 0.29) is 24.8 Å². The van der Waals surface area contributed by atoms with Gasteiger partial charge in [-0.05, 0) is 41.8 Å². The Hall–Kier alpha value is 1.08. The third-order valence-corrected chi connectivity index (χ3v) is 2.54. The zero-order chi connectivity index (χ0) is 13.1. The quantitative estimate of drug-likeness (QED) is 0.673. The van der Waals surface area contributed by atoms with Crippen molar-refractivity contribution < 1.29 is 0 Å². The third-order valence-electron chi connectivity index (χ3n) is 2.20. The molecule has 0 atom stereocenters. The molecular formula is C12H30Cl4N2. The average molecular weight is 344 g/mol. The molecule has 0 saturated carbocycles. The predicted octanol–water partition coefficient (Wildman–Crippen LogP) is 3.97. The van der Waals surface area contributed by atoms with Gasteiger partial charge in [0.1, 0.15) is 0 Å². The van der Waals surface area contributed by atoms with Gasteiger partial charge in [0.15, 0.2) is 0 Å². The second-order valence-corrected chi connectivity index (χ2v) is 5.36. The van der Waals surface area contributed by atoms with Crippen LogP contribution in [-0.2, 0) is 0 Å². The van der Waals surface area contributed by atoms with Crippen LogP contribution >= 0.6 is 48.0 Å². The van der Waals surface area contributed by atoms with Crippen LogP contribution < -0.4 is 0 Å². The summed E-state index contributed by atoms with van der Waals surface area (Å²) in [5, 5.41) is 0. The van der Waals surface area contributed by atoms with Gasteiger partial charge in [0.05, 0.1) is 0 Å². The molecule has 0 aliphatic rings. The van der Waals surface area contributed by atoms with E-state index in [1.165, 1.54) is 0 Å². The molecule has 0 heterocycles. The first-order valence-electron chi connectivity index (χ1n) is 5.89. The molecule has 0 bridgehead atoms. The van der Waals surface area contributed by atoms with Crippen molar-refractivity contribution in [3.05, 3.63) is 0 Å². The first kappa shape index (κ1) is 27.4. The molecule has 2 nitrogen and oxygen atoms in total. The van der Waals surface area contributed by atoms with Crippen LogP contribution in [0.25, 0.3) is 0 Å². The van der Waals surface area contributed by atoms with E-state index in [1.54, 1.807) is 0 Å². The third kappa shape index (κ3) is 19.4. The summed E-state index contributed by atoms with van der Waals surface area (Å²) < 4.78 is 0. The molecule has 0 aromatic rings. The molecule has 116 valence electrons. The molecule has 6 heteroatoms. The Balaban J connectivity index is -0.000000108. The van der Waals surface area contributed by atoms with Crippen LogP contribution in [0.5, 0.6) is 0 Å². The Bertz CT molecular complexity index is 136. The summed E-state index contributed by atoms with van der Waals surface area (Å²) in [6.45, 7) is 10.8. The first-order valence-corrected chi connectivity index (χ1v) is 6.96. The summed E-state index contributed by atoms with van der Waals surface area (Å²) in [6, 6.07) is 1.22. The summed E-state index contributed by atoms with van der Waals surface area (Å²) in [5.74, 6) is 1.46. The minimum absolute atomic E-state index is 0. The molecule has 0 aromatic heterocycles. The van der Waals surface area contributed by atoms with E-state index in [4.69, 9.17) is 23.2 Å². The predicted molar refractivity (Wildman–Crippen MR) is 91.5 cm³/mol. The van der Waals surface area contributed by atoms with Gasteiger partial charge in [-0.3, -0.25) is 4.90 Å². The zero-order valence-corrected chi connectivity index (χ0v) is 15.6. The van der Waals surface area contributed by atoms with Gasteiger partial charge in [0, 0.05) is 36.9 Å². The molecule has 0 spiro atoms. The number of nitrogens with zero attached hydrogens (tertiary/aromatic N) is 2. The van der Waals surface area contributed by atoms with Crippen molar-refractivity contribution in [1.29, 1.82) is 0 Å². The Labute approximate surface area is 136 Å². The Morgan fingerprint density at radius 3 is 1.17 bits per heavy atom. The summed E-state index contributed by atoms with van der Waals surface area (Å²) in [7, 11) is 4.00. The fourth-order valence-corrected chi connectivity index (χ4v) is 1.91. The van der Waals surface area contributed by atoms with Crippen LogP contribution in [0.2, 0.25) is 0 Å². The normalized spacial score (nSPS) is 10.0. The Morgan fingerprint density at radius 1 is 0.778 bits per heavy atom. The van der Waals surface area contributed by atoms with Gasteiger partial charge in [-0.2, -0.15) is 0 Å². The van der Waals surface area contributed by atoms with E-state index < -0.39 is 0 Å². The van der Waals surface area contributed by atoms with Crippen molar-refractivity contribution in [2.75, 3.05) is 38.9 Å². The molecular weight excluding hydrogens is 314 g/mol. The largest absolute Gasteiger partial charge is 0.308 e. The molecule has 0 aromatic carbocycles. The monoisotopic (exact) mass is 342 g/mol. The van der Waals surface area contributed by atoms with Crippen molar-refractivity contribution in [2.45, 2.75) is 39.8 Å². The number of hydrogen-bond donors (Lipinski definition) is 0. The lowest BCUT2D eigenvalue weighted by Crippen LogP contribution is -2.38. The highest BCUT2D eigenvalue weighted by Crippen LogP contribution is 2.03. The maximum Gasteiger partial charge on any atom is 0.0351 e. The van der Waals surface area contributed by atoms with Crippen molar-refractivity contribution in [1.82, 2.24) is 9.80 Å². The van der Waals surface area contributed by atoms with E-state index in [1.807, 2.05) is 19.0 Å². The first-order chi connectivity index (χ1) is 7.36. The summed E-state index contributed by atoms with van der Waals surface area (Å²) in [5.41, 5.74) is 0. The van der Waals surface area contributed by atoms with Crippen molar-refractivity contribution in [3.8, 4) is 0 Å². The van der Waals surface area contributed by atoms with Gasteiger partial charge >= 0.3 is 0 Å².